The van der Waals surface area contributed by atoms with Crippen LogP contribution in [0, 0.1) is 0 Å². The molecule has 0 spiro atoms. The van der Waals surface area contributed by atoms with E-state index in [1.807, 2.05) is 0 Å². The normalized spacial score (nSPS) is 12.0. The largest absolute Gasteiger partial charge is 0.507 e. The Bertz CT molecular complexity index is 407. The fourth-order valence-corrected chi connectivity index (χ4v) is 1.61. The van der Waals surface area contributed by atoms with E-state index in [1.165, 1.54) is 18.1 Å². The molecule has 0 aliphatic rings. The van der Waals surface area contributed by atoms with Gasteiger partial charge in [0.2, 0.25) is 5.91 Å². The third-order valence-corrected chi connectivity index (χ3v) is 2.60. The van der Waals surface area contributed by atoms with E-state index in [1.54, 1.807) is 26.1 Å². The number of halogens is 1. The fourth-order valence-electron chi connectivity index (χ4n) is 1.44. The lowest BCUT2D eigenvalue weighted by Crippen LogP contribution is -2.31. The summed E-state index contributed by atoms with van der Waals surface area (Å²) in [6, 6.07) is 4.96. The van der Waals surface area contributed by atoms with Gasteiger partial charge in [0.05, 0.1) is 7.11 Å². The van der Waals surface area contributed by atoms with Crippen LogP contribution in [0.25, 0.3) is 0 Å². The number of nitrogens with zero attached hydrogens (tertiary/aromatic N) is 1. The maximum Gasteiger partial charge on any atom is 0.240 e. The van der Waals surface area contributed by atoms with Gasteiger partial charge in [0, 0.05) is 25.2 Å². The molecule has 0 aliphatic heterocycles. The Morgan fingerprint density at radius 1 is 1.59 bits per heavy atom. The van der Waals surface area contributed by atoms with Crippen molar-refractivity contribution in [2.24, 2.45) is 0 Å². The van der Waals surface area contributed by atoms with Crippen LogP contribution in [0.1, 0.15) is 12.5 Å². The Hall–Kier alpha value is -1.42. The van der Waals surface area contributed by atoms with E-state index in [9.17, 15) is 9.90 Å². The predicted octanol–water partition coefficient (Wildman–Crippen LogP) is 1.99. The summed E-state index contributed by atoms with van der Waals surface area (Å²) in [6.45, 7) is 1.93. The number of hydrogen-bond donors (Lipinski definition) is 1. The maximum absolute atomic E-state index is 11.6. The highest BCUT2D eigenvalue weighted by molar-refractivity contribution is 6.30. The van der Waals surface area contributed by atoms with Gasteiger partial charge in [-0.1, -0.05) is 0 Å². The van der Waals surface area contributed by atoms with E-state index in [0.717, 1.165) is 0 Å². The number of phenolic OH excluding ortho intramolecular Hbond substituents is 1. The average molecular weight is 258 g/mol. The summed E-state index contributed by atoms with van der Waals surface area (Å²) in [5.74, 6) is 0.499. The zero-order chi connectivity index (χ0) is 13.0. The van der Waals surface area contributed by atoms with Gasteiger partial charge in [-0.05, 0) is 19.1 Å². The van der Waals surface area contributed by atoms with E-state index < -0.39 is 5.38 Å². The molecule has 0 aliphatic carbocycles. The second kappa shape index (κ2) is 5.77. The van der Waals surface area contributed by atoms with Crippen molar-refractivity contribution in [3.63, 3.8) is 0 Å². The summed E-state index contributed by atoms with van der Waals surface area (Å²) in [4.78, 5) is 13.0. The average Bonchev–Trinajstić information content (AvgIpc) is 2.30. The number of phenols is 1. The highest BCUT2D eigenvalue weighted by Crippen LogP contribution is 2.24. The highest BCUT2D eigenvalue weighted by Gasteiger charge is 2.16. The molecular weight excluding hydrogens is 242 g/mol. The SMILES string of the molecule is COc1ccc(CN(C)C(=O)C(C)Cl)c(O)c1. The Morgan fingerprint density at radius 2 is 2.24 bits per heavy atom. The summed E-state index contributed by atoms with van der Waals surface area (Å²) in [5.41, 5.74) is 0.652. The molecule has 0 radical (unpaired) electrons. The molecular formula is C12H16ClNO3. The molecule has 1 unspecified atom stereocenters. The van der Waals surface area contributed by atoms with Crippen molar-refractivity contribution < 1.29 is 14.6 Å². The van der Waals surface area contributed by atoms with Crippen molar-refractivity contribution >= 4 is 17.5 Å². The second-order valence-corrected chi connectivity index (χ2v) is 4.46. The Balaban J connectivity index is 2.78. The third-order valence-electron chi connectivity index (χ3n) is 2.42. The van der Waals surface area contributed by atoms with Gasteiger partial charge < -0.3 is 14.7 Å². The topological polar surface area (TPSA) is 49.8 Å². The van der Waals surface area contributed by atoms with Gasteiger partial charge in [-0.3, -0.25) is 4.79 Å². The minimum atomic E-state index is -0.569. The van der Waals surface area contributed by atoms with Crippen molar-refractivity contribution in [2.75, 3.05) is 14.2 Å². The van der Waals surface area contributed by atoms with Crippen molar-refractivity contribution in [3.05, 3.63) is 23.8 Å². The first-order chi connectivity index (χ1) is 7.95. The van der Waals surface area contributed by atoms with Crippen LogP contribution in [0.2, 0.25) is 0 Å². The van der Waals surface area contributed by atoms with Crippen molar-refractivity contribution in [3.8, 4) is 11.5 Å². The molecule has 0 heterocycles. The van der Waals surface area contributed by atoms with E-state index in [-0.39, 0.29) is 11.7 Å². The molecule has 1 aromatic rings. The minimum Gasteiger partial charge on any atom is -0.507 e. The number of aromatic hydroxyl groups is 1. The predicted molar refractivity (Wildman–Crippen MR) is 66.4 cm³/mol. The lowest BCUT2D eigenvalue weighted by Gasteiger charge is -2.19. The van der Waals surface area contributed by atoms with Crippen LogP contribution in [0.15, 0.2) is 18.2 Å². The number of alkyl halides is 1. The van der Waals surface area contributed by atoms with Gasteiger partial charge in [-0.2, -0.15) is 0 Å². The number of methoxy groups -OCH3 is 1. The summed E-state index contributed by atoms with van der Waals surface area (Å²) in [6.07, 6.45) is 0. The number of rotatable bonds is 4. The number of amides is 1. The molecule has 1 N–H and O–H groups in total. The van der Waals surface area contributed by atoms with Crippen molar-refractivity contribution in [2.45, 2.75) is 18.8 Å². The molecule has 0 saturated heterocycles. The molecule has 1 atom stereocenters. The van der Waals surface area contributed by atoms with Crippen LogP contribution in [0.4, 0.5) is 0 Å². The monoisotopic (exact) mass is 257 g/mol. The molecule has 17 heavy (non-hydrogen) atoms. The van der Waals surface area contributed by atoms with Gasteiger partial charge in [0.1, 0.15) is 16.9 Å². The summed E-state index contributed by atoms with van der Waals surface area (Å²) in [7, 11) is 3.17. The molecule has 4 nitrogen and oxygen atoms in total. The first-order valence-corrected chi connectivity index (χ1v) is 5.64. The number of ether oxygens (including phenoxy) is 1. The molecule has 5 heteroatoms. The molecule has 0 aromatic heterocycles. The molecule has 94 valence electrons. The van der Waals surface area contributed by atoms with Gasteiger partial charge in [0.15, 0.2) is 0 Å². The van der Waals surface area contributed by atoms with Crippen molar-refractivity contribution in [1.82, 2.24) is 4.90 Å². The van der Waals surface area contributed by atoms with Crippen LogP contribution in [0.3, 0.4) is 0 Å². The Labute approximate surface area is 106 Å². The standard InChI is InChI=1S/C12H16ClNO3/c1-8(13)12(16)14(2)7-9-4-5-10(17-3)6-11(9)15/h4-6,8,15H,7H2,1-3H3. The summed E-state index contributed by atoms with van der Waals surface area (Å²) in [5, 5.41) is 9.17. The Morgan fingerprint density at radius 3 is 2.71 bits per heavy atom. The number of benzene rings is 1. The quantitative estimate of drug-likeness (QED) is 0.840. The molecule has 1 amide bonds. The lowest BCUT2D eigenvalue weighted by atomic mass is 10.2. The van der Waals surface area contributed by atoms with Gasteiger partial charge in [-0.15, -0.1) is 11.6 Å². The summed E-state index contributed by atoms with van der Waals surface area (Å²) >= 11 is 5.70. The molecule has 0 fully saturated rings. The van der Waals surface area contributed by atoms with Crippen LogP contribution < -0.4 is 4.74 Å². The van der Waals surface area contributed by atoms with Crippen LogP contribution in [0.5, 0.6) is 11.5 Å². The number of carbonyl (C=O) groups excluding carboxylic acids is 1. The number of carbonyl (C=O) groups is 1. The van der Waals surface area contributed by atoms with Crippen LogP contribution >= 0.6 is 11.6 Å². The zero-order valence-corrected chi connectivity index (χ0v) is 10.9. The highest BCUT2D eigenvalue weighted by atomic mass is 35.5. The first kappa shape index (κ1) is 13.6. The molecule has 0 bridgehead atoms. The van der Waals surface area contributed by atoms with E-state index >= 15 is 0 Å². The molecule has 1 rings (SSSR count). The minimum absolute atomic E-state index is 0.103. The molecule has 1 aromatic carbocycles. The lowest BCUT2D eigenvalue weighted by molar-refractivity contribution is -0.129. The van der Waals surface area contributed by atoms with Gasteiger partial charge >= 0.3 is 0 Å². The Kier molecular flexibility index (Phi) is 4.63. The summed E-state index contributed by atoms with van der Waals surface area (Å²) < 4.78 is 4.98. The van der Waals surface area contributed by atoms with E-state index in [2.05, 4.69) is 0 Å². The van der Waals surface area contributed by atoms with Crippen LogP contribution in [-0.4, -0.2) is 35.4 Å². The van der Waals surface area contributed by atoms with Crippen LogP contribution in [-0.2, 0) is 11.3 Å². The first-order valence-electron chi connectivity index (χ1n) is 5.20. The fraction of sp³-hybridized carbons (Fsp3) is 0.417. The van der Waals surface area contributed by atoms with E-state index in [4.69, 9.17) is 16.3 Å². The maximum atomic E-state index is 11.6. The van der Waals surface area contributed by atoms with Gasteiger partial charge in [0.25, 0.3) is 0 Å². The number of hydrogen-bond acceptors (Lipinski definition) is 3. The molecule has 0 saturated carbocycles. The second-order valence-electron chi connectivity index (χ2n) is 3.80. The van der Waals surface area contributed by atoms with Gasteiger partial charge in [-0.25, -0.2) is 0 Å². The smallest absolute Gasteiger partial charge is 0.240 e. The zero-order valence-electron chi connectivity index (χ0n) is 10.1. The van der Waals surface area contributed by atoms with Crippen molar-refractivity contribution in [1.29, 1.82) is 0 Å². The third kappa shape index (κ3) is 3.53. The van der Waals surface area contributed by atoms with E-state index in [0.29, 0.717) is 17.9 Å².